The molecule has 1 aliphatic heterocycles. The van der Waals surface area contributed by atoms with Crippen LogP contribution in [0.15, 0.2) is 54.9 Å². The van der Waals surface area contributed by atoms with Crippen LogP contribution < -0.4 is 9.64 Å². The molecule has 0 fully saturated rings. The summed E-state index contributed by atoms with van der Waals surface area (Å²) >= 11 is 0. The van der Waals surface area contributed by atoms with E-state index in [1.807, 2.05) is 18.2 Å². The lowest BCUT2D eigenvalue weighted by Crippen LogP contribution is -2.28. The van der Waals surface area contributed by atoms with Crippen molar-refractivity contribution in [2.45, 2.75) is 6.92 Å². The van der Waals surface area contributed by atoms with Crippen LogP contribution in [0.3, 0.4) is 0 Å². The highest BCUT2D eigenvalue weighted by atomic mass is 16.5. The maximum Gasteiger partial charge on any atom is 0.262 e. The van der Waals surface area contributed by atoms with Gasteiger partial charge in [-0.2, -0.15) is 0 Å². The van der Waals surface area contributed by atoms with E-state index in [-0.39, 0.29) is 11.7 Å². The van der Waals surface area contributed by atoms with Crippen molar-refractivity contribution in [3.05, 3.63) is 66.1 Å². The van der Waals surface area contributed by atoms with Gasteiger partial charge in [-0.05, 0) is 31.2 Å². The molecule has 100 valence electrons. The summed E-state index contributed by atoms with van der Waals surface area (Å²) in [7, 11) is 0. The molecule has 0 spiro atoms. The largest absolute Gasteiger partial charge is 0.508 e. The number of phenols is 1. The number of rotatable bonds is 1. The fourth-order valence-corrected chi connectivity index (χ4v) is 2.16. The summed E-state index contributed by atoms with van der Waals surface area (Å²) < 4.78 is 5.37. The second kappa shape index (κ2) is 4.74. The van der Waals surface area contributed by atoms with E-state index in [1.54, 1.807) is 37.4 Å². The van der Waals surface area contributed by atoms with Crippen LogP contribution in [-0.4, -0.2) is 11.0 Å². The smallest absolute Gasteiger partial charge is 0.262 e. The molecule has 1 amide bonds. The minimum absolute atomic E-state index is 0.112. The minimum Gasteiger partial charge on any atom is -0.508 e. The number of nitrogens with zero attached hydrogens (tertiary/aromatic N) is 1. The number of carbonyl (C=O) groups excluding carboxylic acids is 1. The SMILES string of the molecule is Cc1c(O)cccc1C(=O)N1C=COc2ccccc21. The topological polar surface area (TPSA) is 49.8 Å². The van der Waals surface area contributed by atoms with Crippen molar-refractivity contribution in [1.82, 2.24) is 0 Å². The van der Waals surface area contributed by atoms with Crippen molar-refractivity contribution >= 4 is 11.6 Å². The van der Waals surface area contributed by atoms with Gasteiger partial charge in [0.05, 0.1) is 5.69 Å². The lowest BCUT2D eigenvalue weighted by atomic mass is 10.1. The average Bonchev–Trinajstić information content (AvgIpc) is 2.49. The molecule has 1 aliphatic rings. The molecule has 4 nitrogen and oxygen atoms in total. The summed E-state index contributed by atoms with van der Waals surface area (Å²) in [5, 5.41) is 9.73. The fourth-order valence-electron chi connectivity index (χ4n) is 2.16. The highest BCUT2D eigenvalue weighted by Gasteiger charge is 2.23. The van der Waals surface area contributed by atoms with E-state index in [9.17, 15) is 9.90 Å². The van der Waals surface area contributed by atoms with Gasteiger partial charge in [0.1, 0.15) is 12.0 Å². The van der Waals surface area contributed by atoms with Gasteiger partial charge in [-0.3, -0.25) is 9.69 Å². The number of benzene rings is 2. The summed E-state index contributed by atoms with van der Waals surface area (Å²) in [5.74, 6) is 0.535. The van der Waals surface area contributed by atoms with Crippen molar-refractivity contribution in [2.24, 2.45) is 0 Å². The van der Waals surface area contributed by atoms with Crippen LogP contribution in [0.1, 0.15) is 15.9 Å². The van der Waals surface area contributed by atoms with Crippen LogP contribution in [0.25, 0.3) is 0 Å². The van der Waals surface area contributed by atoms with Crippen molar-refractivity contribution in [3.8, 4) is 11.5 Å². The minimum atomic E-state index is -0.203. The molecule has 2 aromatic carbocycles. The van der Waals surface area contributed by atoms with E-state index in [0.717, 1.165) is 0 Å². The highest BCUT2D eigenvalue weighted by molar-refractivity contribution is 6.09. The average molecular weight is 267 g/mol. The maximum atomic E-state index is 12.6. The van der Waals surface area contributed by atoms with Gasteiger partial charge in [-0.25, -0.2) is 0 Å². The predicted octanol–water partition coefficient (Wildman–Crippen LogP) is 3.21. The number of ether oxygens (including phenoxy) is 1. The number of fused-ring (bicyclic) bond motifs is 1. The maximum absolute atomic E-state index is 12.6. The first-order valence-electron chi connectivity index (χ1n) is 6.23. The van der Waals surface area contributed by atoms with E-state index in [1.165, 1.54) is 11.2 Å². The molecular weight excluding hydrogens is 254 g/mol. The molecule has 0 aliphatic carbocycles. The highest BCUT2D eigenvalue weighted by Crippen LogP contribution is 2.33. The van der Waals surface area contributed by atoms with Crippen molar-refractivity contribution in [1.29, 1.82) is 0 Å². The molecule has 0 radical (unpaired) electrons. The van der Waals surface area contributed by atoms with Gasteiger partial charge in [0.2, 0.25) is 0 Å². The standard InChI is InChI=1S/C16H13NO3/c1-11-12(5-4-7-14(11)18)16(19)17-9-10-20-15-8-3-2-6-13(15)17/h2-10,18H,1H3. The quantitative estimate of drug-likeness (QED) is 0.863. The molecule has 0 atom stereocenters. The summed E-state index contributed by atoms with van der Waals surface area (Å²) in [6.07, 6.45) is 3.05. The summed E-state index contributed by atoms with van der Waals surface area (Å²) in [5.41, 5.74) is 1.71. The molecule has 0 saturated carbocycles. The zero-order valence-corrected chi connectivity index (χ0v) is 10.9. The molecular formula is C16H13NO3. The zero-order valence-electron chi connectivity index (χ0n) is 10.9. The van der Waals surface area contributed by atoms with E-state index >= 15 is 0 Å². The summed E-state index contributed by atoms with van der Waals surface area (Å²) in [4.78, 5) is 14.2. The van der Waals surface area contributed by atoms with Crippen LogP contribution in [0.5, 0.6) is 11.5 Å². The van der Waals surface area contributed by atoms with Gasteiger partial charge in [-0.15, -0.1) is 0 Å². The number of amides is 1. The molecule has 0 unspecified atom stereocenters. The Morgan fingerprint density at radius 2 is 1.95 bits per heavy atom. The first-order chi connectivity index (χ1) is 9.68. The molecule has 0 aromatic heterocycles. The third-order valence-electron chi connectivity index (χ3n) is 3.28. The summed E-state index contributed by atoms with van der Waals surface area (Å²) in [6, 6.07) is 12.2. The Bertz CT molecular complexity index is 707. The molecule has 0 bridgehead atoms. The first kappa shape index (κ1) is 12.3. The van der Waals surface area contributed by atoms with Crippen molar-refractivity contribution in [2.75, 3.05) is 4.90 Å². The lowest BCUT2D eigenvalue weighted by Gasteiger charge is -2.24. The van der Waals surface area contributed by atoms with Crippen LogP contribution in [0.4, 0.5) is 5.69 Å². The number of carbonyl (C=O) groups is 1. The van der Waals surface area contributed by atoms with E-state index in [4.69, 9.17) is 4.74 Å². The monoisotopic (exact) mass is 267 g/mol. The Morgan fingerprint density at radius 3 is 2.80 bits per heavy atom. The van der Waals surface area contributed by atoms with Crippen molar-refractivity contribution < 1.29 is 14.6 Å². The summed E-state index contributed by atoms with van der Waals surface area (Å²) in [6.45, 7) is 1.72. The Morgan fingerprint density at radius 1 is 1.15 bits per heavy atom. The van der Waals surface area contributed by atoms with Gasteiger partial charge in [0.25, 0.3) is 5.91 Å². The van der Waals surface area contributed by atoms with Crippen LogP contribution in [-0.2, 0) is 0 Å². The molecule has 4 heteroatoms. The van der Waals surface area contributed by atoms with E-state index in [2.05, 4.69) is 0 Å². The second-order valence-corrected chi connectivity index (χ2v) is 4.50. The van der Waals surface area contributed by atoms with Gasteiger partial charge in [0, 0.05) is 17.3 Å². The number of anilines is 1. The van der Waals surface area contributed by atoms with Gasteiger partial charge in [0.15, 0.2) is 5.75 Å². The number of hydrogen-bond donors (Lipinski definition) is 1. The van der Waals surface area contributed by atoms with Crippen molar-refractivity contribution in [3.63, 3.8) is 0 Å². The number of aromatic hydroxyl groups is 1. The van der Waals surface area contributed by atoms with Crippen LogP contribution in [0.2, 0.25) is 0 Å². The fraction of sp³-hybridized carbons (Fsp3) is 0.0625. The Balaban J connectivity index is 2.05. The van der Waals surface area contributed by atoms with Crippen LogP contribution >= 0.6 is 0 Å². The molecule has 3 rings (SSSR count). The van der Waals surface area contributed by atoms with Gasteiger partial charge < -0.3 is 9.84 Å². The second-order valence-electron chi connectivity index (χ2n) is 4.50. The normalized spacial score (nSPS) is 12.8. The Labute approximate surface area is 116 Å². The predicted molar refractivity (Wildman–Crippen MR) is 75.9 cm³/mol. The van der Waals surface area contributed by atoms with E-state index in [0.29, 0.717) is 22.6 Å². The molecule has 20 heavy (non-hydrogen) atoms. The number of hydrogen-bond acceptors (Lipinski definition) is 3. The Hall–Kier alpha value is -2.75. The van der Waals surface area contributed by atoms with Gasteiger partial charge >= 0.3 is 0 Å². The molecule has 0 saturated heterocycles. The number of para-hydroxylation sites is 2. The lowest BCUT2D eigenvalue weighted by molar-refractivity contribution is 0.0994. The third kappa shape index (κ3) is 1.91. The molecule has 1 N–H and O–H groups in total. The molecule has 1 heterocycles. The Kier molecular flexibility index (Phi) is 2.91. The number of phenolic OH excluding ortho intramolecular Hbond substituents is 1. The first-order valence-corrected chi connectivity index (χ1v) is 6.23. The van der Waals surface area contributed by atoms with E-state index < -0.39 is 0 Å². The van der Waals surface area contributed by atoms with Gasteiger partial charge in [-0.1, -0.05) is 18.2 Å². The third-order valence-corrected chi connectivity index (χ3v) is 3.28. The molecule has 2 aromatic rings. The van der Waals surface area contributed by atoms with Crippen LogP contribution in [0, 0.1) is 6.92 Å². The zero-order chi connectivity index (χ0) is 14.1.